The maximum atomic E-state index is 12.3. The number of aliphatic imine (C=N–C) groups is 1. The first-order valence-electron chi connectivity index (χ1n) is 2.85. The Bertz CT molecular complexity index is 248. The van der Waals surface area contributed by atoms with Crippen molar-refractivity contribution in [2.75, 3.05) is 7.05 Å². The summed E-state index contributed by atoms with van der Waals surface area (Å²) in [7, 11) is 1.57. The lowest BCUT2D eigenvalue weighted by molar-refractivity contribution is 0.668. The summed E-state index contributed by atoms with van der Waals surface area (Å²) >= 11 is 0. The number of halogens is 1. The van der Waals surface area contributed by atoms with Gasteiger partial charge in [0, 0.05) is 13.1 Å². The molecular weight excluding hydrogens is 131 g/mol. The van der Waals surface area contributed by atoms with Gasteiger partial charge < -0.3 is 0 Å². The Morgan fingerprint density at radius 2 is 2.20 bits per heavy atom. The van der Waals surface area contributed by atoms with Gasteiger partial charge in [-0.3, -0.25) is 10.4 Å². The van der Waals surface area contributed by atoms with Gasteiger partial charge in [0.1, 0.15) is 5.83 Å². The van der Waals surface area contributed by atoms with E-state index < -0.39 is 5.83 Å². The molecule has 1 aliphatic carbocycles. The Kier molecular flexibility index (Phi) is 1.76. The molecule has 0 aliphatic heterocycles. The molecule has 10 heavy (non-hydrogen) atoms. The molecule has 0 fully saturated rings. The highest BCUT2D eigenvalue weighted by Crippen LogP contribution is 2.05. The summed E-state index contributed by atoms with van der Waals surface area (Å²) in [6.07, 6.45) is 3.92. The molecule has 52 valence electrons. The van der Waals surface area contributed by atoms with E-state index in [-0.39, 0.29) is 5.71 Å². The lowest BCUT2D eigenvalue weighted by atomic mass is 10.1. The molecule has 0 aromatic heterocycles. The highest BCUT2D eigenvalue weighted by atomic mass is 19.1. The van der Waals surface area contributed by atoms with Gasteiger partial charge in [-0.2, -0.15) is 0 Å². The second-order valence-corrected chi connectivity index (χ2v) is 1.89. The van der Waals surface area contributed by atoms with Crippen LogP contribution in [-0.2, 0) is 0 Å². The van der Waals surface area contributed by atoms with E-state index in [0.29, 0.717) is 5.71 Å². The van der Waals surface area contributed by atoms with E-state index >= 15 is 0 Å². The zero-order valence-corrected chi connectivity index (χ0v) is 5.56. The third-order valence-electron chi connectivity index (χ3n) is 1.20. The molecule has 1 aliphatic rings. The van der Waals surface area contributed by atoms with Gasteiger partial charge >= 0.3 is 0 Å². The standard InChI is InChI=1S/C7H7FN2/c1-10-7-3-2-5(8)4-6(7)9/h2-4,9H,1H3. The van der Waals surface area contributed by atoms with E-state index in [2.05, 4.69) is 4.99 Å². The zero-order chi connectivity index (χ0) is 7.56. The number of nitrogens with zero attached hydrogens (tertiary/aromatic N) is 1. The molecule has 0 aromatic rings. The van der Waals surface area contributed by atoms with Crippen molar-refractivity contribution in [3.63, 3.8) is 0 Å². The van der Waals surface area contributed by atoms with E-state index in [4.69, 9.17) is 5.41 Å². The van der Waals surface area contributed by atoms with E-state index in [0.717, 1.165) is 6.08 Å². The maximum absolute atomic E-state index is 12.3. The number of nitrogens with one attached hydrogen (secondary N) is 1. The van der Waals surface area contributed by atoms with Crippen LogP contribution in [0.5, 0.6) is 0 Å². The number of hydrogen-bond acceptors (Lipinski definition) is 2. The number of allylic oxidation sites excluding steroid dienone is 4. The molecule has 1 N–H and O–H groups in total. The van der Waals surface area contributed by atoms with E-state index in [1.807, 2.05) is 0 Å². The molecule has 0 atom stereocenters. The molecule has 2 nitrogen and oxygen atoms in total. The van der Waals surface area contributed by atoms with E-state index in [1.165, 1.54) is 12.2 Å². The van der Waals surface area contributed by atoms with Crippen LogP contribution in [0.15, 0.2) is 29.0 Å². The predicted octanol–water partition coefficient (Wildman–Crippen LogP) is 1.50. The maximum Gasteiger partial charge on any atom is 0.125 e. The second-order valence-electron chi connectivity index (χ2n) is 1.89. The Balaban J connectivity index is 2.95. The fourth-order valence-corrected chi connectivity index (χ4v) is 0.703. The van der Waals surface area contributed by atoms with Crippen LogP contribution in [0.25, 0.3) is 0 Å². The normalized spacial score (nSPS) is 21.6. The lowest BCUT2D eigenvalue weighted by Crippen LogP contribution is -2.10. The summed E-state index contributed by atoms with van der Waals surface area (Å²) < 4.78 is 12.3. The number of hydrogen-bond donors (Lipinski definition) is 1. The summed E-state index contributed by atoms with van der Waals surface area (Å²) in [5.74, 6) is -0.391. The molecule has 3 heteroatoms. The monoisotopic (exact) mass is 138 g/mol. The molecule has 0 radical (unpaired) electrons. The van der Waals surface area contributed by atoms with Crippen LogP contribution >= 0.6 is 0 Å². The van der Waals surface area contributed by atoms with Gasteiger partial charge in [0.2, 0.25) is 0 Å². The van der Waals surface area contributed by atoms with Crippen molar-refractivity contribution in [1.29, 1.82) is 5.41 Å². The Morgan fingerprint density at radius 3 is 2.70 bits per heavy atom. The van der Waals surface area contributed by atoms with Crippen LogP contribution in [0.4, 0.5) is 4.39 Å². The predicted molar refractivity (Wildman–Crippen MR) is 39.4 cm³/mol. The van der Waals surface area contributed by atoms with Crippen LogP contribution in [0, 0.1) is 5.41 Å². The van der Waals surface area contributed by atoms with Crippen molar-refractivity contribution in [3.05, 3.63) is 24.1 Å². The zero-order valence-electron chi connectivity index (χ0n) is 5.56. The first kappa shape index (κ1) is 6.86. The van der Waals surface area contributed by atoms with Crippen molar-refractivity contribution in [2.24, 2.45) is 4.99 Å². The second kappa shape index (κ2) is 2.56. The Morgan fingerprint density at radius 1 is 1.50 bits per heavy atom. The van der Waals surface area contributed by atoms with Gasteiger partial charge in [0.25, 0.3) is 0 Å². The molecular formula is C7H7FN2. The van der Waals surface area contributed by atoms with Crippen LogP contribution in [-0.4, -0.2) is 18.5 Å². The average Bonchev–Trinajstić information content (AvgIpc) is 1.88. The van der Waals surface area contributed by atoms with Crippen molar-refractivity contribution < 1.29 is 4.39 Å². The van der Waals surface area contributed by atoms with Gasteiger partial charge in [-0.1, -0.05) is 0 Å². The SMILES string of the molecule is CN=C1C=CC(F)=CC1=N. The van der Waals surface area contributed by atoms with Crippen LogP contribution in [0.2, 0.25) is 0 Å². The average molecular weight is 138 g/mol. The third-order valence-corrected chi connectivity index (χ3v) is 1.20. The topological polar surface area (TPSA) is 36.2 Å². The molecule has 0 spiro atoms. The Hall–Kier alpha value is -1.25. The minimum atomic E-state index is -0.391. The molecule has 0 unspecified atom stereocenters. The summed E-state index contributed by atoms with van der Waals surface area (Å²) in [4.78, 5) is 3.76. The fraction of sp³-hybridized carbons (Fsp3) is 0.143. The molecule has 0 saturated carbocycles. The first-order valence-corrected chi connectivity index (χ1v) is 2.85. The van der Waals surface area contributed by atoms with Gasteiger partial charge in [-0.15, -0.1) is 0 Å². The molecule has 0 saturated heterocycles. The molecule has 1 rings (SSSR count). The molecule has 0 amide bonds. The van der Waals surface area contributed by atoms with Crippen LogP contribution < -0.4 is 0 Å². The highest BCUT2D eigenvalue weighted by Gasteiger charge is 2.05. The summed E-state index contributed by atoms with van der Waals surface area (Å²) in [6, 6.07) is 0. The number of rotatable bonds is 0. The van der Waals surface area contributed by atoms with Crippen molar-refractivity contribution in [2.45, 2.75) is 0 Å². The Labute approximate surface area is 58.3 Å². The van der Waals surface area contributed by atoms with Gasteiger partial charge in [-0.25, -0.2) is 4.39 Å². The van der Waals surface area contributed by atoms with Crippen LogP contribution in [0.3, 0.4) is 0 Å². The third kappa shape index (κ3) is 1.18. The minimum absolute atomic E-state index is 0.127. The summed E-state index contributed by atoms with van der Waals surface area (Å²) in [5, 5.41) is 7.18. The van der Waals surface area contributed by atoms with Gasteiger partial charge in [0.05, 0.1) is 11.4 Å². The highest BCUT2D eigenvalue weighted by molar-refractivity contribution is 6.50. The smallest absolute Gasteiger partial charge is 0.125 e. The fourth-order valence-electron chi connectivity index (χ4n) is 0.703. The molecule has 0 heterocycles. The van der Waals surface area contributed by atoms with Crippen molar-refractivity contribution >= 4 is 11.4 Å². The van der Waals surface area contributed by atoms with Gasteiger partial charge in [0.15, 0.2) is 0 Å². The summed E-state index contributed by atoms with van der Waals surface area (Å²) in [6.45, 7) is 0. The lowest BCUT2D eigenvalue weighted by Gasteiger charge is -2.01. The van der Waals surface area contributed by atoms with Crippen molar-refractivity contribution in [1.82, 2.24) is 0 Å². The molecule has 0 bridgehead atoms. The van der Waals surface area contributed by atoms with Gasteiger partial charge in [-0.05, 0) is 12.2 Å². The van der Waals surface area contributed by atoms with Crippen molar-refractivity contribution in [3.8, 4) is 0 Å². The van der Waals surface area contributed by atoms with Crippen LogP contribution in [0.1, 0.15) is 0 Å². The summed E-state index contributed by atoms with van der Waals surface area (Å²) in [5.41, 5.74) is 0.643. The largest absolute Gasteiger partial charge is 0.299 e. The first-order chi connectivity index (χ1) is 4.74. The van der Waals surface area contributed by atoms with E-state index in [1.54, 1.807) is 7.05 Å². The quantitative estimate of drug-likeness (QED) is 0.492. The molecule has 0 aromatic carbocycles. The van der Waals surface area contributed by atoms with E-state index in [9.17, 15) is 4.39 Å². The minimum Gasteiger partial charge on any atom is -0.299 e.